The third-order valence-corrected chi connectivity index (χ3v) is 3.14. The molecule has 2 rings (SSSR count). The fourth-order valence-electron chi connectivity index (χ4n) is 1.40. The standard InChI is InChI=1S/C6H10NS/c1-5-3-8-4-6(5)2-7-1/h3,5-7H,1-2,4H2. The van der Waals surface area contributed by atoms with Crippen molar-refractivity contribution in [1.29, 1.82) is 0 Å². The number of fused-ring (bicyclic) bond motifs is 1. The van der Waals surface area contributed by atoms with Crippen LogP contribution in [0.15, 0.2) is 0 Å². The summed E-state index contributed by atoms with van der Waals surface area (Å²) in [6, 6.07) is 0. The van der Waals surface area contributed by atoms with E-state index in [4.69, 9.17) is 0 Å². The molecule has 2 aliphatic heterocycles. The molecule has 45 valence electrons. The van der Waals surface area contributed by atoms with Gasteiger partial charge in [-0.2, -0.15) is 11.8 Å². The molecule has 0 aromatic rings. The Hall–Kier alpha value is 0.310. The summed E-state index contributed by atoms with van der Waals surface area (Å²) in [4.78, 5) is 0. The summed E-state index contributed by atoms with van der Waals surface area (Å²) in [6.07, 6.45) is 0. The molecule has 2 aliphatic rings. The Balaban J connectivity index is 2.04. The fraction of sp³-hybridized carbons (Fsp3) is 0.833. The van der Waals surface area contributed by atoms with E-state index in [0.717, 1.165) is 11.8 Å². The summed E-state index contributed by atoms with van der Waals surface area (Å²) in [5, 5.41) is 3.38. The minimum atomic E-state index is 0.903. The summed E-state index contributed by atoms with van der Waals surface area (Å²) in [5.41, 5.74) is 0. The van der Waals surface area contributed by atoms with E-state index in [1.54, 1.807) is 0 Å². The first-order chi connectivity index (χ1) is 3.97. The lowest BCUT2D eigenvalue weighted by Gasteiger charge is -2.01. The van der Waals surface area contributed by atoms with E-state index in [1.807, 2.05) is 11.8 Å². The van der Waals surface area contributed by atoms with Crippen LogP contribution in [-0.2, 0) is 0 Å². The molecular formula is C6H10NS. The van der Waals surface area contributed by atoms with Gasteiger partial charge in [-0.05, 0) is 30.7 Å². The third kappa shape index (κ3) is 0.669. The Morgan fingerprint density at radius 1 is 1.50 bits per heavy atom. The van der Waals surface area contributed by atoms with Gasteiger partial charge in [0.05, 0.1) is 0 Å². The van der Waals surface area contributed by atoms with Gasteiger partial charge in [0.25, 0.3) is 0 Å². The molecule has 0 spiro atoms. The van der Waals surface area contributed by atoms with Crippen LogP contribution in [0, 0.1) is 17.6 Å². The average Bonchev–Trinajstić information content (AvgIpc) is 2.15. The van der Waals surface area contributed by atoms with Crippen molar-refractivity contribution in [2.24, 2.45) is 11.8 Å². The predicted octanol–water partition coefficient (Wildman–Crippen LogP) is 0.731. The van der Waals surface area contributed by atoms with Crippen LogP contribution in [0.5, 0.6) is 0 Å². The molecule has 2 fully saturated rings. The van der Waals surface area contributed by atoms with Gasteiger partial charge in [0.1, 0.15) is 0 Å². The monoisotopic (exact) mass is 128 g/mol. The molecule has 8 heavy (non-hydrogen) atoms. The van der Waals surface area contributed by atoms with Crippen molar-refractivity contribution in [3.63, 3.8) is 0 Å². The van der Waals surface area contributed by atoms with Crippen LogP contribution in [0.3, 0.4) is 0 Å². The van der Waals surface area contributed by atoms with E-state index in [0.29, 0.717) is 0 Å². The van der Waals surface area contributed by atoms with Crippen LogP contribution in [0.4, 0.5) is 0 Å². The van der Waals surface area contributed by atoms with Crippen molar-refractivity contribution < 1.29 is 0 Å². The maximum absolute atomic E-state index is 3.38. The van der Waals surface area contributed by atoms with Gasteiger partial charge in [-0.25, -0.2) is 0 Å². The molecule has 1 N–H and O–H groups in total. The molecule has 2 heteroatoms. The number of nitrogens with one attached hydrogen (secondary N) is 1. The molecule has 0 aromatic heterocycles. The smallest absolute Gasteiger partial charge is 0.0213 e. The van der Waals surface area contributed by atoms with Gasteiger partial charge < -0.3 is 5.32 Å². The van der Waals surface area contributed by atoms with Gasteiger partial charge in [0.15, 0.2) is 0 Å². The summed E-state index contributed by atoms with van der Waals surface area (Å²) in [5.74, 6) is 5.63. The van der Waals surface area contributed by atoms with Crippen LogP contribution in [-0.4, -0.2) is 18.8 Å². The summed E-state index contributed by atoms with van der Waals surface area (Å²) in [6.45, 7) is 2.49. The van der Waals surface area contributed by atoms with Crippen molar-refractivity contribution in [1.82, 2.24) is 5.32 Å². The highest BCUT2D eigenvalue weighted by Crippen LogP contribution is 2.35. The minimum absolute atomic E-state index is 0.903. The second kappa shape index (κ2) is 1.92. The normalized spacial score (nSPS) is 45.0. The largest absolute Gasteiger partial charge is 0.316 e. The molecule has 0 saturated carbocycles. The van der Waals surface area contributed by atoms with Gasteiger partial charge in [0.2, 0.25) is 0 Å². The Morgan fingerprint density at radius 2 is 2.50 bits per heavy atom. The number of rotatable bonds is 0. The van der Waals surface area contributed by atoms with Crippen molar-refractivity contribution in [2.75, 3.05) is 18.8 Å². The molecular weight excluding hydrogens is 118 g/mol. The quantitative estimate of drug-likeness (QED) is 0.516. The molecule has 2 unspecified atom stereocenters. The first kappa shape index (κ1) is 5.12. The number of hydrogen-bond acceptors (Lipinski definition) is 2. The van der Waals surface area contributed by atoms with Gasteiger partial charge in [-0.15, -0.1) is 0 Å². The molecule has 1 radical (unpaired) electrons. The lowest BCUT2D eigenvalue weighted by Crippen LogP contribution is -2.09. The fourth-order valence-corrected chi connectivity index (χ4v) is 2.69. The van der Waals surface area contributed by atoms with Crippen molar-refractivity contribution >= 4 is 11.8 Å². The minimum Gasteiger partial charge on any atom is -0.316 e. The van der Waals surface area contributed by atoms with E-state index in [1.165, 1.54) is 18.8 Å². The topological polar surface area (TPSA) is 12.0 Å². The molecule has 0 aliphatic carbocycles. The molecule has 1 nitrogen and oxygen atoms in total. The lowest BCUT2D eigenvalue weighted by molar-refractivity contribution is 0.561. The van der Waals surface area contributed by atoms with Gasteiger partial charge >= 0.3 is 0 Å². The number of hydrogen-bond donors (Lipinski definition) is 1. The van der Waals surface area contributed by atoms with E-state index < -0.39 is 0 Å². The van der Waals surface area contributed by atoms with Crippen LogP contribution in [0.1, 0.15) is 0 Å². The zero-order valence-corrected chi connectivity index (χ0v) is 5.58. The molecule has 0 bridgehead atoms. The first-order valence-corrected chi connectivity index (χ1v) is 4.17. The third-order valence-electron chi connectivity index (χ3n) is 1.97. The van der Waals surface area contributed by atoms with Crippen LogP contribution >= 0.6 is 11.8 Å². The Labute approximate surface area is 54.2 Å². The van der Waals surface area contributed by atoms with Gasteiger partial charge in [-0.1, -0.05) is 0 Å². The predicted molar refractivity (Wildman–Crippen MR) is 36.6 cm³/mol. The van der Waals surface area contributed by atoms with E-state index in [9.17, 15) is 0 Å². The highest BCUT2D eigenvalue weighted by Gasteiger charge is 2.31. The van der Waals surface area contributed by atoms with Crippen molar-refractivity contribution in [3.8, 4) is 0 Å². The van der Waals surface area contributed by atoms with Crippen molar-refractivity contribution in [3.05, 3.63) is 5.75 Å². The molecule has 0 aromatic carbocycles. The van der Waals surface area contributed by atoms with Crippen molar-refractivity contribution in [2.45, 2.75) is 0 Å². The molecule has 2 saturated heterocycles. The Bertz CT molecular complexity index is 74.5. The second-order valence-corrected chi connectivity index (χ2v) is 3.49. The second-order valence-electron chi connectivity index (χ2n) is 2.55. The molecule has 0 amide bonds. The highest BCUT2D eigenvalue weighted by molar-refractivity contribution is 8.01. The van der Waals surface area contributed by atoms with E-state index in [-0.39, 0.29) is 0 Å². The van der Waals surface area contributed by atoms with Gasteiger partial charge in [-0.3, -0.25) is 0 Å². The summed E-state index contributed by atoms with van der Waals surface area (Å²) < 4.78 is 0. The summed E-state index contributed by atoms with van der Waals surface area (Å²) in [7, 11) is 0. The van der Waals surface area contributed by atoms with E-state index in [2.05, 4.69) is 11.1 Å². The maximum Gasteiger partial charge on any atom is 0.0213 e. The van der Waals surface area contributed by atoms with Crippen LogP contribution in [0.2, 0.25) is 0 Å². The van der Waals surface area contributed by atoms with E-state index >= 15 is 0 Å². The number of thioether (sulfide) groups is 1. The zero-order valence-electron chi connectivity index (χ0n) is 4.76. The highest BCUT2D eigenvalue weighted by atomic mass is 32.2. The van der Waals surface area contributed by atoms with Crippen LogP contribution in [0.25, 0.3) is 0 Å². The molecule has 2 heterocycles. The van der Waals surface area contributed by atoms with Crippen LogP contribution < -0.4 is 5.32 Å². The Kier molecular flexibility index (Phi) is 1.23. The SMILES string of the molecule is [CH]1SCC2CNCC12. The molecule has 2 atom stereocenters. The first-order valence-electron chi connectivity index (χ1n) is 3.12. The lowest BCUT2D eigenvalue weighted by atomic mass is 10.0. The van der Waals surface area contributed by atoms with Gasteiger partial charge in [0, 0.05) is 5.75 Å². The summed E-state index contributed by atoms with van der Waals surface area (Å²) >= 11 is 2.00. The Morgan fingerprint density at radius 3 is 3.38 bits per heavy atom. The average molecular weight is 128 g/mol. The zero-order chi connectivity index (χ0) is 5.40. The maximum atomic E-state index is 3.38.